The summed E-state index contributed by atoms with van der Waals surface area (Å²) in [6, 6.07) is 6.25. The van der Waals surface area contributed by atoms with Crippen LogP contribution in [-0.2, 0) is 4.79 Å². The summed E-state index contributed by atoms with van der Waals surface area (Å²) >= 11 is 1.17. The van der Waals surface area contributed by atoms with Crippen molar-refractivity contribution >= 4 is 34.4 Å². The molecular formula is C15H20N4OS. The molecule has 0 bridgehead atoms. The molecule has 1 amide bonds. The van der Waals surface area contributed by atoms with Crippen molar-refractivity contribution in [3.8, 4) is 0 Å². The van der Waals surface area contributed by atoms with E-state index in [4.69, 9.17) is 0 Å². The van der Waals surface area contributed by atoms with Crippen molar-refractivity contribution in [1.82, 2.24) is 13.6 Å². The fraction of sp³-hybridized carbons (Fsp3) is 0.533. The van der Waals surface area contributed by atoms with E-state index < -0.39 is 0 Å². The van der Waals surface area contributed by atoms with Gasteiger partial charge in [0.25, 0.3) is 0 Å². The maximum atomic E-state index is 12.3. The fourth-order valence-electron chi connectivity index (χ4n) is 3.05. The lowest BCUT2D eigenvalue weighted by molar-refractivity contribution is -0.117. The molecule has 6 heteroatoms. The highest BCUT2D eigenvalue weighted by molar-refractivity contribution is 7.00. The molecule has 0 atom stereocenters. The number of carbonyl (C=O) groups is 1. The van der Waals surface area contributed by atoms with E-state index >= 15 is 0 Å². The summed E-state index contributed by atoms with van der Waals surface area (Å²) in [6.45, 7) is 3.49. The van der Waals surface area contributed by atoms with Crippen LogP contribution in [0.1, 0.15) is 32.6 Å². The molecule has 1 saturated carbocycles. The quantitative estimate of drug-likeness (QED) is 0.923. The van der Waals surface area contributed by atoms with Gasteiger partial charge in [-0.25, -0.2) is 0 Å². The Morgan fingerprint density at radius 3 is 2.95 bits per heavy atom. The van der Waals surface area contributed by atoms with Gasteiger partial charge in [0.05, 0.1) is 24.0 Å². The van der Waals surface area contributed by atoms with Crippen molar-refractivity contribution in [2.75, 3.05) is 18.4 Å². The van der Waals surface area contributed by atoms with Crippen molar-refractivity contribution in [3.63, 3.8) is 0 Å². The molecule has 1 N–H and O–H groups in total. The summed E-state index contributed by atoms with van der Waals surface area (Å²) in [7, 11) is 0. The molecule has 0 aliphatic heterocycles. The molecule has 1 aliphatic carbocycles. The highest BCUT2D eigenvalue weighted by Crippen LogP contribution is 2.24. The second-order valence-electron chi connectivity index (χ2n) is 5.49. The number of aromatic nitrogens is 2. The van der Waals surface area contributed by atoms with Gasteiger partial charge in [-0.3, -0.25) is 9.69 Å². The first kappa shape index (κ1) is 14.4. The summed E-state index contributed by atoms with van der Waals surface area (Å²) < 4.78 is 8.45. The molecule has 5 nitrogen and oxygen atoms in total. The normalized spacial score (nSPS) is 15.9. The Balaban J connectivity index is 1.66. The van der Waals surface area contributed by atoms with E-state index in [0.29, 0.717) is 12.6 Å². The van der Waals surface area contributed by atoms with E-state index in [1.54, 1.807) is 0 Å². The van der Waals surface area contributed by atoms with Crippen molar-refractivity contribution in [3.05, 3.63) is 18.2 Å². The molecule has 0 saturated heterocycles. The summed E-state index contributed by atoms with van der Waals surface area (Å²) in [4.78, 5) is 14.6. The van der Waals surface area contributed by atoms with Gasteiger partial charge in [0.1, 0.15) is 11.0 Å². The number of benzene rings is 1. The van der Waals surface area contributed by atoms with E-state index in [0.717, 1.165) is 23.3 Å². The SMILES string of the molecule is CCN(CC(=O)Nc1cccc2nsnc12)C1CCCC1. The lowest BCUT2D eigenvalue weighted by atomic mass is 10.2. The van der Waals surface area contributed by atoms with Crippen LogP contribution in [0.15, 0.2) is 18.2 Å². The van der Waals surface area contributed by atoms with Crippen LogP contribution < -0.4 is 5.32 Å². The standard InChI is InChI=1S/C15H20N4OS/c1-2-19(11-6-3-4-7-11)10-14(20)16-12-8-5-9-13-15(12)18-21-17-13/h5,8-9,11H,2-4,6-7,10H2,1H3,(H,16,20). The van der Waals surface area contributed by atoms with E-state index in [1.165, 1.54) is 37.4 Å². The third-order valence-electron chi connectivity index (χ3n) is 4.15. The Bertz CT molecular complexity index is 621. The fourth-order valence-corrected chi connectivity index (χ4v) is 3.60. The summed E-state index contributed by atoms with van der Waals surface area (Å²) in [6.07, 6.45) is 5.00. The first-order valence-corrected chi connectivity index (χ1v) is 8.26. The lowest BCUT2D eigenvalue weighted by Crippen LogP contribution is -2.39. The second-order valence-corrected chi connectivity index (χ2v) is 6.02. The highest BCUT2D eigenvalue weighted by atomic mass is 32.1. The number of amides is 1. The predicted octanol–water partition coefficient (Wildman–Crippen LogP) is 2.89. The Morgan fingerprint density at radius 1 is 1.38 bits per heavy atom. The van der Waals surface area contributed by atoms with Crippen LogP contribution in [0.3, 0.4) is 0 Å². The first-order valence-electron chi connectivity index (χ1n) is 7.53. The molecule has 1 aromatic carbocycles. The molecule has 0 spiro atoms. The minimum Gasteiger partial charge on any atom is -0.323 e. The van der Waals surface area contributed by atoms with Gasteiger partial charge in [-0.05, 0) is 31.5 Å². The molecule has 1 aromatic heterocycles. The van der Waals surface area contributed by atoms with Crippen LogP contribution >= 0.6 is 11.7 Å². The molecule has 0 radical (unpaired) electrons. The average Bonchev–Trinajstić information content (AvgIpc) is 3.16. The Labute approximate surface area is 128 Å². The summed E-state index contributed by atoms with van der Waals surface area (Å²) in [5.74, 6) is 0.0317. The Morgan fingerprint density at radius 2 is 2.19 bits per heavy atom. The number of anilines is 1. The Kier molecular flexibility index (Phi) is 4.45. The molecule has 112 valence electrons. The van der Waals surface area contributed by atoms with Crippen molar-refractivity contribution < 1.29 is 4.79 Å². The van der Waals surface area contributed by atoms with Gasteiger partial charge in [-0.15, -0.1) is 0 Å². The zero-order valence-corrected chi connectivity index (χ0v) is 13.0. The Hall–Kier alpha value is -1.53. The second kappa shape index (κ2) is 6.49. The van der Waals surface area contributed by atoms with Crippen LogP contribution in [0.4, 0.5) is 5.69 Å². The zero-order valence-electron chi connectivity index (χ0n) is 12.2. The minimum absolute atomic E-state index is 0.0317. The zero-order chi connectivity index (χ0) is 14.7. The molecule has 3 rings (SSSR count). The third kappa shape index (κ3) is 3.22. The molecule has 0 unspecified atom stereocenters. The minimum atomic E-state index is 0.0317. The monoisotopic (exact) mass is 304 g/mol. The van der Waals surface area contributed by atoms with Crippen molar-refractivity contribution in [2.24, 2.45) is 0 Å². The van der Waals surface area contributed by atoms with Gasteiger partial charge in [-0.2, -0.15) is 8.75 Å². The van der Waals surface area contributed by atoms with Gasteiger partial charge in [0, 0.05) is 6.04 Å². The topological polar surface area (TPSA) is 58.1 Å². The maximum absolute atomic E-state index is 12.3. The van der Waals surface area contributed by atoms with Crippen LogP contribution in [0.2, 0.25) is 0 Å². The highest BCUT2D eigenvalue weighted by Gasteiger charge is 2.23. The van der Waals surface area contributed by atoms with Crippen molar-refractivity contribution in [1.29, 1.82) is 0 Å². The number of nitrogens with one attached hydrogen (secondary N) is 1. The number of likely N-dealkylation sites (N-methyl/N-ethyl adjacent to an activating group) is 1. The van der Waals surface area contributed by atoms with Crippen molar-refractivity contribution in [2.45, 2.75) is 38.6 Å². The van der Waals surface area contributed by atoms with Crippen LogP contribution in [0.25, 0.3) is 11.0 Å². The molecule has 21 heavy (non-hydrogen) atoms. The van der Waals surface area contributed by atoms with Gasteiger partial charge in [0.15, 0.2) is 0 Å². The number of hydrogen-bond acceptors (Lipinski definition) is 5. The molecule has 1 fully saturated rings. The first-order chi connectivity index (χ1) is 10.3. The summed E-state index contributed by atoms with van der Waals surface area (Å²) in [5.41, 5.74) is 2.37. The van der Waals surface area contributed by atoms with E-state index in [9.17, 15) is 4.79 Å². The van der Waals surface area contributed by atoms with E-state index in [2.05, 4.69) is 25.9 Å². The van der Waals surface area contributed by atoms with E-state index in [1.807, 2.05) is 18.2 Å². The number of nitrogens with zero attached hydrogens (tertiary/aromatic N) is 3. The molecule has 2 aromatic rings. The van der Waals surface area contributed by atoms with Crippen LogP contribution in [0.5, 0.6) is 0 Å². The van der Waals surface area contributed by atoms with E-state index in [-0.39, 0.29) is 5.91 Å². The predicted molar refractivity (Wildman–Crippen MR) is 85.5 cm³/mol. The summed E-state index contributed by atoms with van der Waals surface area (Å²) in [5, 5.41) is 2.98. The number of fused-ring (bicyclic) bond motifs is 1. The number of rotatable bonds is 5. The number of carbonyl (C=O) groups excluding carboxylic acids is 1. The largest absolute Gasteiger partial charge is 0.323 e. The van der Waals surface area contributed by atoms with Gasteiger partial charge >= 0.3 is 0 Å². The molecule has 1 aliphatic rings. The third-order valence-corrected chi connectivity index (χ3v) is 4.70. The number of hydrogen-bond donors (Lipinski definition) is 1. The maximum Gasteiger partial charge on any atom is 0.238 e. The average molecular weight is 304 g/mol. The smallest absolute Gasteiger partial charge is 0.238 e. The van der Waals surface area contributed by atoms with Gasteiger partial charge in [0.2, 0.25) is 5.91 Å². The lowest BCUT2D eigenvalue weighted by Gasteiger charge is -2.26. The molecular weight excluding hydrogens is 284 g/mol. The van der Waals surface area contributed by atoms with Crippen LogP contribution in [0, 0.1) is 0 Å². The molecule has 1 heterocycles. The van der Waals surface area contributed by atoms with Gasteiger partial charge in [-0.1, -0.05) is 25.8 Å². The van der Waals surface area contributed by atoms with Crippen LogP contribution in [-0.4, -0.2) is 38.7 Å². The van der Waals surface area contributed by atoms with Gasteiger partial charge < -0.3 is 5.32 Å².